The largest absolute Gasteiger partial charge is 0.467 e. The van der Waals surface area contributed by atoms with Crippen LogP contribution in [-0.2, 0) is 11.3 Å². The summed E-state index contributed by atoms with van der Waals surface area (Å²) in [4.78, 5) is 16.4. The molecule has 6 heteroatoms. The number of furan rings is 1. The molecule has 1 saturated carbocycles. The monoisotopic (exact) mass is 299 g/mol. The van der Waals surface area contributed by atoms with E-state index in [0.29, 0.717) is 17.4 Å². The lowest BCUT2D eigenvalue weighted by Gasteiger charge is -2.01. The highest BCUT2D eigenvalue weighted by molar-refractivity contribution is 7.09. The Hall–Kier alpha value is -2.39. The van der Waals surface area contributed by atoms with E-state index in [2.05, 4.69) is 10.3 Å². The molecular formula is C15H13N3O2S. The number of hydrogen-bond donors (Lipinski definition) is 1. The molecule has 1 fully saturated rings. The summed E-state index contributed by atoms with van der Waals surface area (Å²) >= 11 is 1.58. The van der Waals surface area contributed by atoms with Gasteiger partial charge in [0.1, 0.15) is 17.4 Å². The highest BCUT2D eigenvalue weighted by atomic mass is 32.1. The van der Waals surface area contributed by atoms with Crippen molar-refractivity contribution in [3.05, 3.63) is 45.8 Å². The first kappa shape index (κ1) is 13.6. The highest BCUT2D eigenvalue weighted by Gasteiger charge is 2.26. The molecule has 0 bridgehead atoms. The second-order valence-corrected chi connectivity index (χ2v) is 5.71. The van der Waals surface area contributed by atoms with Crippen LogP contribution in [0.3, 0.4) is 0 Å². The van der Waals surface area contributed by atoms with Gasteiger partial charge in [-0.15, -0.1) is 11.3 Å². The van der Waals surface area contributed by atoms with Gasteiger partial charge in [0.05, 0.1) is 23.5 Å². The van der Waals surface area contributed by atoms with Crippen molar-refractivity contribution in [3.8, 4) is 6.07 Å². The Labute approximate surface area is 125 Å². The van der Waals surface area contributed by atoms with Gasteiger partial charge < -0.3 is 9.73 Å². The molecule has 2 aromatic rings. The molecule has 1 aliphatic carbocycles. The molecule has 0 spiro atoms. The van der Waals surface area contributed by atoms with Crippen molar-refractivity contribution in [2.45, 2.75) is 25.3 Å². The van der Waals surface area contributed by atoms with Crippen molar-refractivity contribution in [2.75, 3.05) is 0 Å². The smallest absolute Gasteiger partial charge is 0.262 e. The Morgan fingerprint density at radius 1 is 1.62 bits per heavy atom. The minimum absolute atomic E-state index is 0.0502. The summed E-state index contributed by atoms with van der Waals surface area (Å²) in [6.45, 7) is 0.259. The van der Waals surface area contributed by atoms with Crippen molar-refractivity contribution < 1.29 is 9.21 Å². The minimum Gasteiger partial charge on any atom is -0.467 e. The lowest BCUT2D eigenvalue weighted by atomic mass is 10.2. The molecule has 0 unspecified atom stereocenters. The zero-order chi connectivity index (χ0) is 14.7. The van der Waals surface area contributed by atoms with Crippen molar-refractivity contribution in [1.82, 2.24) is 10.3 Å². The van der Waals surface area contributed by atoms with Crippen LogP contribution in [0.5, 0.6) is 0 Å². The molecule has 0 aliphatic heterocycles. The lowest BCUT2D eigenvalue weighted by Crippen LogP contribution is -2.23. The van der Waals surface area contributed by atoms with Gasteiger partial charge >= 0.3 is 0 Å². The summed E-state index contributed by atoms with van der Waals surface area (Å²) < 4.78 is 5.12. The number of carbonyl (C=O) groups excluding carboxylic acids is 1. The number of thiazole rings is 1. The second kappa shape index (κ2) is 5.94. The summed E-state index contributed by atoms with van der Waals surface area (Å²) in [5, 5.41) is 14.7. The first-order valence-electron chi connectivity index (χ1n) is 6.64. The van der Waals surface area contributed by atoms with Gasteiger partial charge in [0.2, 0.25) is 0 Å². The quantitative estimate of drug-likeness (QED) is 0.680. The maximum absolute atomic E-state index is 12.0. The van der Waals surface area contributed by atoms with Gasteiger partial charge in [-0.1, -0.05) is 0 Å². The molecule has 0 atom stereocenters. The van der Waals surface area contributed by atoms with E-state index in [1.807, 2.05) is 11.4 Å². The molecule has 5 nitrogen and oxygen atoms in total. The number of carbonyl (C=O) groups is 1. The summed E-state index contributed by atoms with van der Waals surface area (Å²) in [7, 11) is 0. The van der Waals surface area contributed by atoms with Crippen molar-refractivity contribution in [1.29, 1.82) is 5.26 Å². The van der Waals surface area contributed by atoms with Crippen molar-refractivity contribution in [2.24, 2.45) is 0 Å². The van der Waals surface area contributed by atoms with Crippen LogP contribution < -0.4 is 5.32 Å². The third-order valence-electron chi connectivity index (χ3n) is 3.13. The average Bonchev–Trinajstić information content (AvgIpc) is 3.03. The fraction of sp³-hybridized carbons (Fsp3) is 0.267. The Morgan fingerprint density at radius 2 is 2.48 bits per heavy atom. The number of nitrogens with one attached hydrogen (secondary N) is 1. The van der Waals surface area contributed by atoms with E-state index in [0.717, 1.165) is 5.01 Å². The Kier molecular flexibility index (Phi) is 3.84. The van der Waals surface area contributed by atoms with Gasteiger partial charge in [0, 0.05) is 11.3 Å². The van der Waals surface area contributed by atoms with Crippen LogP contribution in [0.15, 0.2) is 33.8 Å². The maximum Gasteiger partial charge on any atom is 0.262 e. The SMILES string of the molecule is N#C/C(=C/c1csc(C2CC2)n1)C(=O)NCc1ccco1. The van der Waals surface area contributed by atoms with E-state index in [4.69, 9.17) is 9.68 Å². The lowest BCUT2D eigenvalue weighted by molar-refractivity contribution is -0.117. The van der Waals surface area contributed by atoms with E-state index in [-0.39, 0.29) is 12.1 Å². The first-order chi connectivity index (χ1) is 10.3. The summed E-state index contributed by atoms with van der Waals surface area (Å²) in [6.07, 6.45) is 5.44. The molecule has 0 aromatic carbocycles. The predicted octanol–water partition coefficient (Wildman–Crippen LogP) is 2.84. The summed E-state index contributed by atoms with van der Waals surface area (Å²) in [5.41, 5.74) is 0.723. The fourth-order valence-electron chi connectivity index (χ4n) is 1.86. The van der Waals surface area contributed by atoms with E-state index < -0.39 is 5.91 Å². The number of rotatable bonds is 5. The first-order valence-corrected chi connectivity index (χ1v) is 7.52. The zero-order valence-corrected chi connectivity index (χ0v) is 12.0. The maximum atomic E-state index is 12.0. The van der Waals surface area contributed by atoms with Gasteiger partial charge in [0.25, 0.3) is 5.91 Å². The Balaban J connectivity index is 1.66. The van der Waals surface area contributed by atoms with Gasteiger partial charge in [-0.25, -0.2) is 4.98 Å². The van der Waals surface area contributed by atoms with Crippen LogP contribution in [0.1, 0.15) is 35.2 Å². The molecular weight excluding hydrogens is 286 g/mol. The van der Waals surface area contributed by atoms with E-state index >= 15 is 0 Å². The number of hydrogen-bond acceptors (Lipinski definition) is 5. The van der Waals surface area contributed by atoms with Crippen molar-refractivity contribution >= 4 is 23.3 Å². The van der Waals surface area contributed by atoms with Gasteiger partial charge in [-0.05, 0) is 31.1 Å². The van der Waals surface area contributed by atoms with Crippen LogP contribution in [0.4, 0.5) is 0 Å². The molecule has 0 saturated heterocycles. The molecule has 3 rings (SSSR count). The van der Waals surface area contributed by atoms with Gasteiger partial charge in [-0.3, -0.25) is 4.79 Å². The van der Waals surface area contributed by atoms with Crippen LogP contribution >= 0.6 is 11.3 Å². The molecule has 1 amide bonds. The van der Waals surface area contributed by atoms with Gasteiger partial charge in [0.15, 0.2) is 0 Å². The molecule has 2 aromatic heterocycles. The van der Waals surface area contributed by atoms with Crippen LogP contribution in [-0.4, -0.2) is 10.9 Å². The summed E-state index contributed by atoms with van der Waals surface area (Å²) in [6, 6.07) is 5.43. The normalized spacial score (nSPS) is 14.7. The van der Waals surface area contributed by atoms with Crippen molar-refractivity contribution in [3.63, 3.8) is 0 Å². The molecule has 1 N–H and O–H groups in total. The second-order valence-electron chi connectivity index (χ2n) is 4.82. The Morgan fingerprint density at radius 3 is 3.14 bits per heavy atom. The number of nitriles is 1. The van der Waals surface area contributed by atoms with E-state index in [1.54, 1.807) is 23.5 Å². The topological polar surface area (TPSA) is 78.9 Å². The molecule has 106 valence electrons. The number of amides is 1. The molecule has 1 aliphatic rings. The standard InChI is InChI=1S/C15H13N3O2S/c16-7-11(14(19)17-8-13-2-1-5-20-13)6-12-9-21-15(18-12)10-3-4-10/h1-2,5-6,9-10H,3-4,8H2,(H,17,19)/b11-6-. The van der Waals surface area contributed by atoms with Crippen LogP contribution in [0, 0.1) is 11.3 Å². The van der Waals surface area contributed by atoms with E-state index in [9.17, 15) is 4.79 Å². The predicted molar refractivity (Wildman–Crippen MR) is 78.2 cm³/mol. The third kappa shape index (κ3) is 3.38. The highest BCUT2D eigenvalue weighted by Crippen LogP contribution is 2.41. The average molecular weight is 299 g/mol. The number of aromatic nitrogens is 1. The molecule has 0 radical (unpaired) electrons. The summed E-state index contributed by atoms with van der Waals surface area (Å²) in [5.74, 6) is 0.802. The number of nitrogens with zero attached hydrogens (tertiary/aromatic N) is 2. The van der Waals surface area contributed by atoms with Crippen LogP contribution in [0.2, 0.25) is 0 Å². The molecule has 21 heavy (non-hydrogen) atoms. The van der Waals surface area contributed by atoms with E-state index in [1.165, 1.54) is 25.2 Å². The third-order valence-corrected chi connectivity index (χ3v) is 4.15. The minimum atomic E-state index is -0.421. The Bertz CT molecular complexity index is 706. The van der Waals surface area contributed by atoms with Gasteiger partial charge in [-0.2, -0.15) is 5.26 Å². The zero-order valence-electron chi connectivity index (χ0n) is 11.2. The van der Waals surface area contributed by atoms with Crippen LogP contribution in [0.25, 0.3) is 6.08 Å². The molecule has 2 heterocycles. The fourth-order valence-corrected chi connectivity index (χ4v) is 2.81.